The van der Waals surface area contributed by atoms with Crippen LogP contribution in [0.1, 0.15) is 12.5 Å². The van der Waals surface area contributed by atoms with Gasteiger partial charge in [0.15, 0.2) is 5.16 Å². The monoisotopic (exact) mass is 227 g/mol. The Hall–Kier alpha value is -1.30. The van der Waals surface area contributed by atoms with Gasteiger partial charge in [0.05, 0.1) is 5.56 Å². The van der Waals surface area contributed by atoms with Crippen LogP contribution in [0.5, 0.6) is 0 Å². The van der Waals surface area contributed by atoms with Crippen molar-refractivity contribution in [3.05, 3.63) is 15.9 Å². The highest BCUT2D eigenvalue weighted by molar-refractivity contribution is 7.98. The standard InChI is InChI=1S/C9H13N3O2S/c1-5-7(10-6(2)13)11-9(15-4)12(3)8(5)14/h1-4H3,(H,10,13). The third-order valence-corrected chi connectivity index (χ3v) is 2.68. The Balaban J connectivity index is 3.35. The molecule has 1 N–H and O–H groups in total. The van der Waals surface area contributed by atoms with Gasteiger partial charge < -0.3 is 5.32 Å². The fourth-order valence-corrected chi connectivity index (χ4v) is 1.70. The Morgan fingerprint density at radius 1 is 1.53 bits per heavy atom. The Morgan fingerprint density at radius 2 is 2.13 bits per heavy atom. The van der Waals surface area contributed by atoms with Gasteiger partial charge in [-0.25, -0.2) is 4.98 Å². The zero-order valence-corrected chi connectivity index (χ0v) is 9.94. The first-order valence-corrected chi connectivity index (χ1v) is 5.59. The maximum atomic E-state index is 11.7. The van der Waals surface area contributed by atoms with Gasteiger partial charge in [0.1, 0.15) is 5.82 Å². The number of nitrogens with zero attached hydrogens (tertiary/aromatic N) is 2. The molecular formula is C9H13N3O2S. The molecule has 15 heavy (non-hydrogen) atoms. The van der Waals surface area contributed by atoms with Crippen molar-refractivity contribution < 1.29 is 4.79 Å². The zero-order valence-electron chi connectivity index (χ0n) is 9.12. The summed E-state index contributed by atoms with van der Waals surface area (Å²) in [6, 6.07) is 0. The number of thioether (sulfide) groups is 1. The minimum atomic E-state index is -0.231. The molecule has 0 saturated heterocycles. The van der Waals surface area contributed by atoms with Crippen LogP contribution in [0.25, 0.3) is 0 Å². The second-order valence-corrected chi connectivity index (χ2v) is 3.89. The third kappa shape index (κ3) is 2.38. The molecule has 1 aromatic heterocycles. The first-order chi connectivity index (χ1) is 6.97. The van der Waals surface area contributed by atoms with Gasteiger partial charge in [-0.3, -0.25) is 14.2 Å². The summed E-state index contributed by atoms with van der Waals surface area (Å²) in [4.78, 5) is 26.8. The second kappa shape index (κ2) is 4.48. The van der Waals surface area contributed by atoms with Crippen LogP contribution in [0.2, 0.25) is 0 Å². The van der Waals surface area contributed by atoms with Crippen molar-refractivity contribution >= 4 is 23.5 Å². The molecule has 0 unspecified atom stereocenters. The molecule has 0 aromatic carbocycles. The van der Waals surface area contributed by atoms with E-state index in [0.717, 1.165) is 0 Å². The molecule has 5 nitrogen and oxygen atoms in total. The summed E-state index contributed by atoms with van der Waals surface area (Å²) < 4.78 is 1.46. The van der Waals surface area contributed by atoms with Gasteiger partial charge in [0.25, 0.3) is 5.56 Å². The molecule has 1 aromatic rings. The second-order valence-electron chi connectivity index (χ2n) is 3.12. The van der Waals surface area contributed by atoms with E-state index in [1.807, 2.05) is 6.26 Å². The van der Waals surface area contributed by atoms with Crippen molar-refractivity contribution in [3.63, 3.8) is 0 Å². The van der Waals surface area contributed by atoms with E-state index in [1.165, 1.54) is 23.3 Å². The van der Waals surface area contributed by atoms with Crippen LogP contribution in [0.15, 0.2) is 9.95 Å². The summed E-state index contributed by atoms with van der Waals surface area (Å²) in [5.74, 6) is 0.112. The van der Waals surface area contributed by atoms with Gasteiger partial charge >= 0.3 is 0 Å². The molecule has 0 spiro atoms. The van der Waals surface area contributed by atoms with Gasteiger partial charge in [-0.1, -0.05) is 11.8 Å². The van der Waals surface area contributed by atoms with Crippen molar-refractivity contribution in [1.29, 1.82) is 0 Å². The fourth-order valence-electron chi connectivity index (χ4n) is 1.17. The SMILES string of the molecule is CSc1nc(NC(C)=O)c(C)c(=O)n1C. The highest BCUT2D eigenvalue weighted by atomic mass is 32.2. The van der Waals surface area contributed by atoms with E-state index in [1.54, 1.807) is 14.0 Å². The van der Waals surface area contributed by atoms with Crippen LogP contribution in [0.3, 0.4) is 0 Å². The van der Waals surface area contributed by atoms with Crippen molar-refractivity contribution in [2.24, 2.45) is 7.05 Å². The maximum absolute atomic E-state index is 11.7. The number of rotatable bonds is 2. The molecule has 0 aliphatic rings. The maximum Gasteiger partial charge on any atom is 0.258 e. The van der Waals surface area contributed by atoms with Gasteiger partial charge in [0, 0.05) is 14.0 Å². The Bertz CT molecular complexity index is 453. The van der Waals surface area contributed by atoms with Crippen LogP contribution >= 0.6 is 11.8 Å². The summed E-state index contributed by atoms with van der Waals surface area (Å²) >= 11 is 1.36. The Morgan fingerprint density at radius 3 is 2.60 bits per heavy atom. The van der Waals surface area contributed by atoms with E-state index in [0.29, 0.717) is 16.5 Å². The van der Waals surface area contributed by atoms with Gasteiger partial charge in [-0.15, -0.1) is 0 Å². The first kappa shape index (κ1) is 11.8. The molecule has 6 heteroatoms. The zero-order chi connectivity index (χ0) is 11.6. The highest BCUT2D eigenvalue weighted by Gasteiger charge is 2.11. The minimum absolute atomic E-state index is 0.141. The number of carbonyl (C=O) groups excluding carboxylic acids is 1. The molecule has 0 fully saturated rings. The van der Waals surface area contributed by atoms with E-state index in [2.05, 4.69) is 10.3 Å². The molecule has 82 valence electrons. The lowest BCUT2D eigenvalue weighted by molar-refractivity contribution is -0.114. The molecule has 0 radical (unpaired) electrons. The smallest absolute Gasteiger partial charge is 0.258 e. The molecule has 0 bridgehead atoms. The average Bonchev–Trinajstić information content (AvgIpc) is 2.18. The van der Waals surface area contributed by atoms with Crippen molar-refractivity contribution in [2.75, 3.05) is 11.6 Å². The van der Waals surface area contributed by atoms with E-state index in [4.69, 9.17) is 0 Å². The molecule has 1 heterocycles. The van der Waals surface area contributed by atoms with Crippen LogP contribution in [0, 0.1) is 6.92 Å². The van der Waals surface area contributed by atoms with Crippen LogP contribution in [-0.4, -0.2) is 21.7 Å². The summed E-state index contributed by atoms with van der Waals surface area (Å²) in [5.41, 5.74) is 0.309. The lowest BCUT2D eigenvalue weighted by Gasteiger charge is -2.10. The highest BCUT2D eigenvalue weighted by Crippen LogP contribution is 2.14. The van der Waals surface area contributed by atoms with Crippen molar-refractivity contribution in [3.8, 4) is 0 Å². The summed E-state index contributed by atoms with van der Waals surface area (Å²) in [6.07, 6.45) is 1.83. The quantitative estimate of drug-likeness (QED) is 0.598. The minimum Gasteiger partial charge on any atom is -0.310 e. The number of amides is 1. The topological polar surface area (TPSA) is 64.0 Å². The number of hydrogen-bond donors (Lipinski definition) is 1. The third-order valence-electron chi connectivity index (χ3n) is 1.95. The number of aromatic nitrogens is 2. The van der Waals surface area contributed by atoms with Gasteiger partial charge in [-0.2, -0.15) is 0 Å². The largest absolute Gasteiger partial charge is 0.310 e. The fraction of sp³-hybridized carbons (Fsp3) is 0.444. The summed E-state index contributed by atoms with van der Waals surface area (Å²) in [5, 5.41) is 3.12. The van der Waals surface area contributed by atoms with E-state index in [9.17, 15) is 9.59 Å². The molecule has 0 atom stereocenters. The normalized spacial score (nSPS) is 10.1. The number of hydrogen-bond acceptors (Lipinski definition) is 4. The Kier molecular flexibility index (Phi) is 3.52. The summed E-state index contributed by atoms with van der Waals surface area (Å²) in [7, 11) is 1.66. The van der Waals surface area contributed by atoms with E-state index >= 15 is 0 Å². The predicted octanol–water partition coefficient (Wildman–Crippen LogP) is 0.769. The lowest BCUT2D eigenvalue weighted by atomic mass is 10.3. The van der Waals surface area contributed by atoms with Crippen LogP contribution in [0.4, 0.5) is 5.82 Å². The molecule has 0 aliphatic heterocycles. The molecule has 0 saturated carbocycles. The first-order valence-electron chi connectivity index (χ1n) is 4.36. The molecule has 1 rings (SSSR count). The van der Waals surface area contributed by atoms with E-state index in [-0.39, 0.29) is 11.5 Å². The predicted molar refractivity (Wildman–Crippen MR) is 60.3 cm³/mol. The van der Waals surface area contributed by atoms with Crippen LogP contribution < -0.4 is 10.9 Å². The average molecular weight is 227 g/mol. The molecular weight excluding hydrogens is 214 g/mol. The number of nitrogens with one attached hydrogen (secondary N) is 1. The van der Waals surface area contributed by atoms with Crippen molar-refractivity contribution in [1.82, 2.24) is 9.55 Å². The molecule has 0 aliphatic carbocycles. The Labute approximate surface area is 91.9 Å². The summed E-state index contributed by atoms with van der Waals surface area (Å²) in [6.45, 7) is 3.03. The van der Waals surface area contributed by atoms with Crippen LogP contribution in [-0.2, 0) is 11.8 Å². The number of carbonyl (C=O) groups is 1. The van der Waals surface area contributed by atoms with Gasteiger partial charge in [-0.05, 0) is 13.2 Å². The van der Waals surface area contributed by atoms with E-state index < -0.39 is 0 Å². The van der Waals surface area contributed by atoms with Crippen molar-refractivity contribution in [2.45, 2.75) is 19.0 Å². The van der Waals surface area contributed by atoms with Gasteiger partial charge in [0.2, 0.25) is 5.91 Å². The molecule has 1 amide bonds. The lowest BCUT2D eigenvalue weighted by Crippen LogP contribution is -2.25. The number of anilines is 1.